The molecule has 2 saturated carbocycles. The van der Waals surface area contributed by atoms with Gasteiger partial charge in [0.25, 0.3) is 0 Å². The molecule has 1 heterocycles. The molecule has 3 aliphatic rings. The van der Waals surface area contributed by atoms with Gasteiger partial charge >= 0.3 is 5.97 Å². The molecule has 1 N–H and O–H groups in total. The first-order chi connectivity index (χ1) is 27.0. The number of hydrogen-bond acceptors (Lipinski definition) is 6. The number of carboxylic acid groups (broad SMARTS) is 1. The Morgan fingerprint density at radius 3 is 2.11 bits per heavy atom. The zero-order valence-corrected chi connectivity index (χ0v) is 32.0. The molecule has 0 unspecified atom stereocenters. The molecule has 17 heteroatoms. The molecule has 1 amide bonds. The van der Waals surface area contributed by atoms with Crippen LogP contribution in [-0.4, -0.2) is 54.9 Å². The van der Waals surface area contributed by atoms with E-state index in [2.05, 4.69) is 11.0 Å². The Labute approximate surface area is 329 Å². The second-order valence-corrected chi connectivity index (χ2v) is 16.7. The van der Waals surface area contributed by atoms with Gasteiger partial charge in [0.2, 0.25) is 21.7 Å². The minimum absolute atomic E-state index is 0.0215. The zero-order valence-electron chi connectivity index (χ0n) is 30.4. The van der Waals surface area contributed by atoms with Gasteiger partial charge in [-0.15, -0.1) is 0 Å². The van der Waals surface area contributed by atoms with Crippen molar-refractivity contribution in [2.45, 2.75) is 81.5 Å². The van der Waals surface area contributed by atoms with Crippen LogP contribution in [0, 0.1) is 34.9 Å². The maximum Gasteiger partial charge on any atom is 0.335 e. The van der Waals surface area contributed by atoms with Crippen molar-refractivity contribution >= 4 is 44.9 Å². The number of rotatable bonds is 14. The van der Waals surface area contributed by atoms with Crippen molar-refractivity contribution in [3.05, 3.63) is 117 Å². The van der Waals surface area contributed by atoms with Crippen molar-refractivity contribution < 1.29 is 54.2 Å². The third-order valence-electron chi connectivity index (χ3n) is 10.3. The van der Waals surface area contributed by atoms with Crippen molar-refractivity contribution in [1.29, 1.82) is 0 Å². The minimum atomic E-state index is -5.83. The van der Waals surface area contributed by atoms with Gasteiger partial charge in [-0.25, -0.2) is 39.6 Å². The molecule has 0 bridgehead atoms. The van der Waals surface area contributed by atoms with Crippen LogP contribution < -0.4 is 14.5 Å². The van der Waals surface area contributed by atoms with Crippen LogP contribution in [0.25, 0.3) is 0 Å². The minimum Gasteiger partial charge on any atom is -0.488 e. The lowest BCUT2D eigenvalue weighted by molar-refractivity contribution is -0.122. The standard InChI is InChI=1S/C40H36ClF6N3O6S/c1-21(50(20-25-6-8-27(42)18-30(25)41)57(54,55)38-36(46)34(44)33(43)35(45)37(38)47)39(51)49(31-11-7-24(40(52)53)17-32(31)56-29-9-10-29)19-22-14-26(23-4-5-23)16-28(15-22)48-12-2-3-13-48/h6-8,11,14-18,21,23,29H,2-5,9-10,12-13,19-20H2,1H3,(H,52,53)/t21-/m0/s1. The summed E-state index contributed by atoms with van der Waals surface area (Å²) in [6, 6.07) is 10.4. The van der Waals surface area contributed by atoms with E-state index in [0.717, 1.165) is 80.0 Å². The molecule has 2 aliphatic carbocycles. The van der Waals surface area contributed by atoms with E-state index in [4.69, 9.17) is 16.3 Å². The summed E-state index contributed by atoms with van der Waals surface area (Å²) in [6.45, 7) is 1.44. The number of carbonyl (C=O) groups is 2. The molecule has 9 nitrogen and oxygen atoms in total. The number of benzene rings is 4. The number of carboxylic acids is 1. The maximum atomic E-state index is 15.3. The summed E-state index contributed by atoms with van der Waals surface area (Å²) in [4.78, 5) is 28.2. The molecule has 0 radical (unpaired) electrons. The lowest BCUT2D eigenvalue weighted by Gasteiger charge is -2.34. The number of carbonyl (C=O) groups excluding carboxylic acids is 1. The SMILES string of the molecule is C[C@@H](C(=O)N(Cc1cc(C2CC2)cc(N2CCCC2)c1)c1ccc(C(=O)O)cc1OC1CC1)N(Cc1ccc(F)cc1Cl)S(=O)(=O)c1c(F)c(F)c(F)c(F)c1F. The molecule has 4 aromatic carbocycles. The summed E-state index contributed by atoms with van der Waals surface area (Å²) in [5.74, 6) is -15.9. The first kappa shape index (κ1) is 40.4. The number of halogens is 7. The smallest absolute Gasteiger partial charge is 0.335 e. The predicted molar refractivity (Wildman–Crippen MR) is 198 cm³/mol. The zero-order chi connectivity index (χ0) is 40.9. The summed E-state index contributed by atoms with van der Waals surface area (Å²) >= 11 is 6.24. The molecule has 1 atom stereocenters. The normalized spacial score (nSPS) is 16.3. The number of amides is 1. The molecule has 57 heavy (non-hydrogen) atoms. The number of sulfonamides is 1. The van der Waals surface area contributed by atoms with Gasteiger partial charge in [-0.2, -0.15) is 4.31 Å². The Kier molecular flexibility index (Phi) is 11.2. The second kappa shape index (κ2) is 15.9. The van der Waals surface area contributed by atoms with Crippen molar-refractivity contribution in [2.75, 3.05) is 22.9 Å². The fraction of sp³-hybridized carbons (Fsp3) is 0.350. The van der Waals surface area contributed by atoms with E-state index in [1.165, 1.54) is 18.2 Å². The van der Waals surface area contributed by atoms with E-state index in [-0.39, 0.29) is 50.5 Å². The van der Waals surface area contributed by atoms with E-state index >= 15 is 13.6 Å². The van der Waals surface area contributed by atoms with Gasteiger partial charge < -0.3 is 19.6 Å². The number of ether oxygens (including phenoxy) is 1. The molecule has 4 aromatic rings. The van der Waals surface area contributed by atoms with Gasteiger partial charge in [-0.3, -0.25) is 4.79 Å². The number of hydrogen-bond donors (Lipinski definition) is 1. The van der Waals surface area contributed by atoms with E-state index in [1.807, 2.05) is 12.1 Å². The molecule has 1 saturated heterocycles. The maximum absolute atomic E-state index is 15.3. The van der Waals surface area contributed by atoms with Gasteiger partial charge in [0.15, 0.2) is 28.2 Å². The third kappa shape index (κ3) is 8.30. The van der Waals surface area contributed by atoms with Gasteiger partial charge in [-0.1, -0.05) is 23.7 Å². The molecule has 302 valence electrons. The quantitative estimate of drug-likeness (QED) is 0.0770. The Hall–Kier alpha value is -4.80. The molecular weight excluding hydrogens is 800 g/mol. The summed E-state index contributed by atoms with van der Waals surface area (Å²) in [5.41, 5.74) is 2.21. The van der Waals surface area contributed by atoms with Crippen LogP contribution in [-0.2, 0) is 27.9 Å². The Morgan fingerprint density at radius 2 is 1.51 bits per heavy atom. The van der Waals surface area contributed by atoms with E-state index < -0.39 is 74.3 Å². The summed E-state index contributed by atoms with van der Waals surface area (Å²) in [6.07, 6.45) is 4.83. The monoisotopic (exact) mass is 835 g/mol. The molecule has 1 aliphatic heterocycles. The van der Waals surface area contributed by atoms with E-state index in [9.17, 15) is 35.9 Å². The fourth-order valence-electron chi connectivity index (χ4n) is 6.92. The topological polar surface area (TPSA) is 107 Å². The van der Waals surface area contributed by atoms with Crippen molar-refractivity contribution in [2.24, 2.45) is 0 Å². The Bertz CT molecular complexity index is 2340. The lowest BCUT2D eigenvalue weighted by Crippen LogP contribution is -2.49. The van der Waals surface area contributed by atoms with Gasteiger partial charge in [0, 0.05) is 30.3 Å². The second-order valence-electron chi connectivity index (χ2n) is 14.5. The highest BCUT2D eigenvalue weighted by atomic mass is 35.5. The Morgan fingerprint density at radius 1 is 0.860 bits per heavy atom. The van der Waals surface area contributed by atoms with Gasteiger partial charge in [-0.05, 0) is 111 Å². The predicted octanol–water partition coefficient (Wildman–Crippen LogP) is 8.70. The summed E-state index contributed by atoms with van der Waals surface area (Å²) in [5, 5.41) is 9.45. The van der Waals surface area contributed by atoms with Crippen LogP contribution in [0.2, 0.25) is 5.02 Å². The van der Waals surface area contributed by atoms with Crippen LogP contribution in [0.1, 0.15) is 78.4 Å². The first-order valence-corrected chi connectivity index (χ1v) is 20.1. The molecular formula is C40H36ClF6N3O6S. The highest BCUT2D eigenvalue weighted by Gasteiger charge is 2.43. The number of aromatic carboxylic acids is 1. The van der Waals surface area contributed by atoms with Crippen molar-refractivity contribution in [3.8, 4) is 5.75 Å². The highest BCUT2D eigenvalue weighted by molar-refractivity contribution is 7.89. The molecule has 3 fully saturated rings. The fourth-order valence-corrected chi connectivity index (χ4v) is 8.83. The van der Waals surface area contributed by atoms with E-state index in [0.29, 0.717) is 18.4 Å². The van der Waals surface area contributed by atoms with Crippen LogP contribution in [0.15, 0.2) is 59.5 Å². The van der Waals surface area contributed by atoms with Crippen molar-refractivity contribution in [1.82, 2.24) is 4.31 Å². The van der Waals surface area contributed by atoms with Crippen LogP contribution in [0.3, 0.4) is 0 Å². The largest absolute Gasteiger partial charge is 0.488 e. The lowest BCUT2D eigenvalue weighted by atomic mass is 10.0. The molecule has 0 spiro atoms. The van der Waals surface area contributed by atoms with E-state index in [1.54, 1.807) is 0 Å². The number of nitrogens with zero attached hydrogens (tertiary/aromatic N) is 3. The summed E-state index contributed by atoms with van der Waals surface area (Å²) in [7, 11) is -5.83. The first-order valence-electron chi connectivity index (χ1n) is 18.3. The molecule has 7 rings (SSSR count). The van der Waals surface area contributed by atoms with Gasteiger partial charge in [0.1, 0.15) is 17.6 Å². The average molecular weight is 836 g/mol. The summed E-state index contributed by atoms with van der Waals surface area (Å²) < 4.78 is 123. The Balaban J connectivity index is 1.38. The highest BCUT2D eigenvalue weighted by Crippen LogP contribution is 2.43. The average Bonchev–Trinajstić information content (AvgIpc) is 4.13. The van der Waals surface area contributed by atoms with Crippen LogP contribution in [0.5, 0.6) is 5.75 Å². The van der Waals surface area contributed by atoms with Crippen LogP contribution >= 0.6 is 11.6 Å². The van der Waals surface area contributed by atoms with Crippen molar-refractivity contribution in [3.63, 3.8) is 0 Å². The van der Waals surface area contributed by atoms with Crippen LogP contribution in [0.4, 0.5) is 37.7 Å². The van der Waals surface area contributed by atoms with Gasteiger partial charge in [0.05, 0.1) is 23.9 Å². The molecule has 0 aromatic heterocycles. The third-order valence-corrected chi connectivity index (χ3v) is 12.6. The number of anilines is 2.